The van der Waals surface area contributed by atoms with Crippen LogP contribution in [0, 0.1) is 11.8 Å². The first kappa shape index (κ1) is 20.2. The molecule has 0 saturated carbocycles. The number of carbonyl (C=O) groups excluding carboxylic acids is 2. The first-order valence-corrected chi connectivity index (χ1v) is 10.3. The number of aromatic nitrogens is 1. The van der Waals surface area contributed by atoms with Crippen molar-refractivity contribution >= 4 is 17.8 Å². The molecule has 1 aromatic heterocycles. The van der Waals surface area contributed by atoms with Crippen LogP contribution in [0.25, 0.3) is 0 Å². The fourth-order valence-corrected chi connectivity index (χ4v) is 4.77. The second-order valence-corrected chi connectivity index (χ2v) is 8.00. The largest absolute Gasteiger partial charge is 0.480 e. The number of nitrogens with one attached hydrogen (secondary N) is 1. The molecule has 2 amide bonds. The van der Waals surface area contributed by atoms with Gasteiger partial charge in [0.05, 0.1) is 23.6 Å². The van der Waals surface area contributed by atoms with Crippen LogP contribution in [-0.2, 0) is 20.8 Å². The van der Waals surface area contributed by atoms with Crippen LogP contribution in [0.15, 0.2) is 54.7 Å². The molecule has 2 N–H and O–H groups in total. The van der Waals surface area contributed by atoms with Crippen LogP contribution in [0.5, 0.6) is 0 Å². The highest BCUT2D eigenvalue weighted by atomic mass is 16.4. The Hall–Kier alpha value is -3.06. The Morgan fingerprint density at radius 2 is 1.87 bits per heavy atom. The van der Waals surface area contributed by atoms with Gasteiger partial charge >= 0.3 is 5.97 Å². The Labute approximate surface area is 175 Å². The van der Waals surface area contributed by atoms with Gasteiger partial charge in [0.25, 0.3) is 0 Å². The smallest absolute Gasteiger partial charge is 0.325 e. The SMILES string of the molecule is CCCCN1C(=O)C2C(c3ccccn3)NC(Cc3ccccc3)(C(=O)O)C2C1=O. The number of carboxylic acids is 1. The number of carbonyl (C=O) groups is 3. The molecule has 2 aliphatic rings. The van der Waals surface area contributed by atoms with Gasteiger partial charge in [0.1, 0.15) is 5.54 Å². The van der Waals surface area contributed by atoms with Crippen LogP contribution in [0.4, 0.5) is 0 Å². The molecule has 0 radical (unpaired) electrons. The van der Waals surface area contributed by atoms with Gasteiger partial charge in [0.2, 0.25) is 11.8 Å². The number of fused-ring (bicyclic) bond motifs is 1. The van der Waals surface area contributed by atoms with Gasteiger partial charge in [0.15, 0.2) is 0 Å². The summed E-state index contributed by atoms with van der Waals surface area (Å²) in [4.78, 5) is 44.9. The molecule has 3 heterocycles. The third-order valence-corrected chi connectivity index (χ3v) is 6.19. The number of hydrogen-bond acceptors (Lipinski definition) is 5. The van der Waals surface area contributed by atoms with Crippen molar-refractivity contribution in [3.8, 4) is 0 Å². The van der Waals surface area contributed by atoms with Crippen molar-refractivity contribution < 1.29 is 19.5 Å². The number of hydrogen-bond donors (Lipinski definition) is 2. The lowest BCUT2D eigenvalue weighted by molar-refractivity contribution is -0.151. The highest BCUT2D eigenvalue weighted by Crippen LogP contribution is 2.49. The van der Waals surface area contributed by atoms with Crippen molar-refractivity contribution in [1.82, 2.24) is 15.2 Å². The Morgan fingerprint density at radius 3 is 2.50 bits per heavy atom. The normalized spacial score (nSPS) is 28.0. The molecule has 7 nitrogen and oxygen atoms in total. The summed E-state index contributed by atoms with van der Waals surface area (Å²) >= 11 is 0. The number of nitrogens with zero attached hydrogens (tertiary/aromatic N) is 2. The Bertz CT molecular complexity index is 949. The van der Waals surface area contributed by atoms with Gasteiger partial charge in [-0.15, -0.1) is 0 Å². The maximum atomic E-state index is 13.4. The van der Waals surface area contributed by atoms with E-state index >= 15 is 0 Å². The topological polar surface area (TPSA) is 99.6 Å². The van der Waals surface area contributed by atoms with Crippen LogP contribution in [0.1, 0.15) is 37.1 Å². The van der Waals surface area contributed by atoms with Crippen molar-refractivity contribution in [3.63, 3.8) is 0 Å². The minimum atomic E-state index is -1.58. The van der Waals surface area contributed by atoms with Crippen molar-refractivity contribution in [3.05, 3.63) is 66.0 Å². The number of aliphatic carboxylic acids is 1. The molecule has 156 valence electrons. The summed E-state index contributed by atoms with van der Waals surface area (Å²) in [6, 6.07) is 13.9. The van der Waals surface area contributed by atoms with Crippen molar-refractivity contribution in [2.75, 3.05) is 6.54 Å². The average Bonchev–Trinajstić information content (AvgIpc) is 3.23. The molecule has 2 aromatic rings. The molecule has 0 aliphatic carbocycles. The molecule has 7 heteroatoms. The van der Waals surface area contributed by atoms with Gasteiger partial charge in [-0.05, 0) is 24.1 Å². The van der Waals surface area contributed by atoms with E-state index in [1.54, 1.807) is 24.4 Å². The second-order valence-electron chi connectivity index (χ2n) is 8.00. The fourth-order valence-electron chi connectivity index (χ4n) is 4.77. The van der Waals surface area contributed by atoms with Gasteiger partial charge in [-0.3, -0.25) is 29.6 Å². The van der Waals surface area contributed by atoms with Gasteiger partial charge in [-0.2, -0.15) is 0 Å². The van der Waals surface area contributed by atoms with Crippen LogP contribution < -0.4 is 5.32 Å². The lowest BCUT2D eigenvalue weighted by Gasteiger charge is -2.31. The lowest BCUT2D eigenvalue weighted by atomic mass is 9.76. The highest BCUT2D eigenvalue weighted by Gasteiger charge is 2.68. The quantitative estimate of drug-likeness (QED) is 0.683. The molecule has 2 fully saturated rings. The van der Waals surface area contributed by atoms with E-state index in [2.05, 4.69) is 10.3 Å². The number of amides is 2. The van der Waals surface area contributed by atoms with E-state index < -0.39 is 35.3 Å². The molecular weight excluding hydrogens is 382 g/mol. The number of likely N-dealkylation sites (tertiary alicyclic amines) is 1. The molecule has 2 saturated heterocycles. The molecule has 4 rings (SSSR count). The summed E-state index contributed by atoms with van der Waals surface area (Å²) in [7, 11) is 0. The van der Waals surface area contributed by atoms with Crippen molar-refractivity contribution in [1.29, 1.82) is 0 Å². The molecule has 4 atom stereocenters. The number of rotatable bonds is 7. The number of imide groups is 1. The Kier molecular flexibility index (Phi) is 5.39. The molecule has 4 unspecified atom stereocenters. The predicted molar refractivity (Wildman–Crippen MR) is 109 cm³/mol. The summed E-state index contributed by atoms with van der Waals surface area (Å²) in [5.41, 5.74) is -0.218. The number of pyridine rings is 1. The van der Waals surface area contributed by atoms with Crippen LogP contribution in [0.3, 0.4) is 0 Å². The molecular formula is C23H25N3O4. The average molecular weight is 407 g/mol. The number of carboxylic acid groups (broad SMARTS) is 1. The maximum Gasteiger partial charge on any atom is 0.325 e. The zero-order chi connectivity index (χ0) is 21.3. The Balaban J connectivity index is 1.81. The van der Waals surface area contributed by atoms with Gasteiger partial charge < -0.3 is 5.11 Å². The summed E-state index contributed by atoms with van der Waals surface area (Å²) < 4.78 is 0. The summed E-state index contributed by atoms with van der Waals surface area (Å²) in [6.45, 7) is 2.30. The van der Waals surface area contributed by atoms with Crippen molar-refractivity contribution in [2.45, 2.75) is 37.8 Å². The standard InChI is InChI=1S/C23H25N3O4/c1-2-3-13-26-20(27)17-18(21(26)28)23(22(29)30,14-15-9-5-4-6-10-15)25-19(17)16-11-7-8-12-24-16/h4-12,17-19,25H,2-3,13-14H2,1H3,(H,29,30). The third kappa shape index (κ3) is 3.19. The molecule has 1 aromatic carbocycles. The van der Waals surface area contributed by atoms with Crippen LogP contribution in [0.2, 0.25) is 0 Å². The molecule has 2 aliphatic heterocycles. The van der Waals surface area contributed by atoms with E-state index in [-0.39, 0.29) is 12.3 Å². The Morgan fingerprint density at radius 1 is 1.13 bits per heavy atom. The molecule has 0 bridgehead atoms. The van der Waals surface area contributed by atoms with Gasteiger partial charge in [0, 0.05) is 19.2 Å². The summed E-state index contributed by atoms with van der Waals surface area (Å²) in [5, 5.41) is 13.5. The first-order valence-electron chi connectivity index (χ1n) is 10.3. The van der Waals surface area contributed by atoms with Crippen LogP contribution in [-0.4, -0.2) is 44.9 Å². The van der Waals surface area contributed by atoms with E-state index in [9.17, 15) is 19.5 Å². The number of unbranched alkanes of at least 4 members (excludes halogenated alkanes) is 1. The predicted octanol–water partition coefficient (Wildman–Crippen LogP) is 2.19. The zero-order valence-electron chi connectivity index (χ0n) is 16.8. The summed E-state index contributed by atoms with van der Waals surface area (Å²) in [5.74, 6) is -3.60. The first-order chi connectivity index (χ1) is 14.5. The summed E-state index contributed by atoms with van der Waals surface area (Å²) in [6.07, 6.45) is 3.24. The van der Waals surface area contributed by atoms with Gasteiger partial charge in [-0.1, -0.05) is 49.7 Å². The second kappa shape index (κ2) is 7.99. The minimum absolute atomic E-state index is 0.105. The van der Waals surface area contributed by atoms with Crippen LogP contribution >= 0.6 is 0 Å². The molecule has 30 heavy (non-hydrogen) atoms. The van der Waals surface area contributed by atoms with E-state index in [0.717, 1.165) is 12.0 Å². The third-order valence-electron chi connectivity index (χ3n) is 6.19. The molecule has 0 spiro atoms. The van der Waals surface area contributed by atoms with E-state index in [1.807, 2.05) is 37.3 Å². The number of benzene rings is 1. The van der Waals surface area contributed by atoms with Gasteiger partial charge in [-0.25, -0.2) is 0 Å². The fraction of sp³-hybridized carbons (Fsp3) is 0.391. The van der Waals surface area contributed by atoms with Crippen molar-refractivity contribution in [2.24, 2.45) is 11.8 Å². The monoisotopic (exact) mass is 407 g/mol. The lowest BCUT2D eigenvalue weighted by Crippen LogP contribution is -2.57. The van der Waals surface area contributed by atoms with E-state index in [4.69, 9.17) is 0 Å². The minimum Gasteiger partial charge on any atom is -0.480 e. The van der Waals surface area contributed by atoms with E-state index in [0.29, 0.717) is 18.7 Å². The zero-order valence-corrected chi connectivity index (χ0v) is 16.8. The van der Waals surface area contributed by atoms with E-state index in [1.165, 1.54) is 4.90 Å². The highest BCUT2D eigenvalue weighted by molar-refractivity contribution is 6.09. The maximum absolute atomic E-state index is 13.4.